The number of phosphoric acid groups is 1. The Labute approximate surface area is 160 Å². The van der Waals surface area contributed by atoms with Gasteiger partial charge in [-0.05, 0) is 26.7 Å². The summed E-state index contributed by atoms with van der Waals surface area (Å²) in [6.07, 6.45) is 11.0. The second kappa shape index (κ2) is 15.6. The second-order valence-corrected chi connectivity index (χ2v) is 8.84. The van der Waals surface area contributed by atoms with Gasteiger partial charge in [0.05, 0.1) is 12.7 Å². The zero-order valence-electron chi connectivity index (χ0n) is 17.2. The average Bonchev–Trinajstić information content (AvgIpc) is 2.53. The van der Waals surface area contributed by atoms with Crippen LogP contribution >= 0.6 is 7.82 Å². The number of nitrogens with one attached hydrogen (secondary N) is 1. The van der Waals surface area contributed by atoms with Crippen molar-refractivity contribution in [2.75, 3.05) is 13.2 Å². The Morgan fingerprint density at radius 1 is 0.885 bits per heavy atom. The molecule has 0 aromatic rings. The van der Waals surface area contributed by atoms with Gasteiger partial charge in [-0.3, -0.25) is 13.8 Å². The molecule has 0 aliphatic carbocycles. The topological polar surface area (TPSA) is 84.9 Å². The van der Waals surface area contributed by atoms with Crippen LogP contribution in [-0.2, 0) is 18.4 Å². The van der Waals surface area contributed by atoms with E-state index in [9.17, 15) is 14.3 Å². The number of carbonyl (C=O) groups is 1. The molecule has 0 aliphatic heterocycles. The fraction of sp³-hybridized carbons (Fsp3) is 0.947. The first kappa shape index (κ1) is 25.6. The van der Waals surface area contributed by atoms with Crippen molar-refractivity contribution < 1.29 is 23.3 Å². The molecule has 0 fully saturated rings. The van der Waals surface area contributed by atoms with E-state index in [2.05, 4.69) is 5.32 Å². The molecule has 0 aromatic heterocycles. The lowest BCUT2D eigenvalue weighted by Gasteiger charge is -2.14. The van der Waals surface area contributed by atoms with Gasteiger partial charge < -0.3 is 10.2 Å². The SMILES string of the molecule is CC(C)OP(=O)(O)OCCCCCCCCCCCCNC(=O)C(C)C. The van der Waals surface area contributed by atoms with Gasteiger partial charge in [0.15, 0.2) is 0 Å². The second-order valence-electron chi connectivity index (χ2n) is 7.44. The maximum Gasteiger partial charge on any atom is 0.472 e. The minimum Gasteiger partial charge on any atom is -0.356 e. The third-order valence-electron chi connectivity index (χ3n) is 3.99. The summed E-state index contributed by atoms with van der Waals surface area (Å²) in [5.41, 5.74) is 0. The van der Waals surface area contributed by atoms with Crippen molar-refractivity contribution in [2.24, 2.45) is 5.92 Å². The lowest BCUT2D eigenvalue weighted by Crippen LogP contribution is -2.28. The van der Waals surface area contributed by atoms with Crippen molar-refractivity contribution in [3.8, 4) is 0 Å². The first-order valence-electron chi connectivity index (χ1n) is 10.2. The van der Waals surface area contributed by atoms with Crippen LogP contribution in [0.5, 0.6) is 0 Å². The summed E-state index contributed by atoms with van der Waals surface area (Å²) >= 11 is 0. The molecule has 0 bridgehead atoms. The number of rotatable bonds is 17. The molecular weight excluding hydrogens is 353 g/mol. The standard InChI is InChI=1S/C19H40NO5P/c1-17(2)19(21)20-15-13-11-9-7-5-6-8-10-12-14-16-24-26(22,23)25-18(3)4/h17-18H,5-16H2,1-4H3,(H,20,21)(H,22,23). The van der Waals surface area contributed by atoms with Gasteiger partial charge in [0, 0.05) is 12.5 Å². The molecule has 0 rings (SSSR count). The molecule has 0 saturated carbocycles. The zero-order chi connectivity index (χ0) is 19.8. The van der Waals surface area contributed by atoms with Crippen LogP contribution in [0.2, 0.25) is 0 Å². The van der Waals surface area contributed by atoms with E-state index in [4.69, 9.17) is 9.05 Å². The van der Waals surface area contributed by atoms with Gasteiger partial charge in [-0.1, -0.05) is 65.2 Å². The molecule has 0 saturated heterocycles. The molecule has 0 radical (unpaired) electrons. The minimum absolute atomic E-state index is 0.0723. The number of amides is 1. The number of hydrogen-bond donors (Lipinski definition) is 2. The Morgan fingerprint density at radius 3 is 1.81 bits per heavy atom. The highest BCUT2D eigenvalue weighted by Crippen LogP contribution is 2.44. The van der Waals surface area contributed by atoms with E-state index in [1.165, 1.54) is 38.5 Å². The summed E-state index contributed by atoms with van der Waals surface area (Å²) < 4.78 is 21.2. The highest BCUT2D eigenvalue weighted by Gasteiger charge is 2.21. The van der Waals surface area contributed by atoms with Gasteiger partial charge in [0.2, 0.25) is 5.91 Å². The lowest BCUT2D eigenvalue weighted by atomic mass is 10.1. The number of phosphoric ester groups is 1. The summed E-state index contributed by atoms with van der Waals surface area (Å²) in [7, 11) is -3.86. The van der Waals surface area contributed by atoms with E-state index in [-0.39, 0.29) is 24.5 Å². The van der Waals surface area contributed by atoms with Crippen LogP contribution in [0.4, 0.5) is 0 Å². The van der Waals surface area contributed by atoms with Gasteiger partial charge in [-0.25, -0.2) is 4.57 Å². The summed E-state index contributed by atoms with van der Waals surface area (Å²) in [5.74, 6) is 0.215. The van der Waals surface area contributed by atoms with Crippen molar-refractivity contribution >= 4 is 13.7 Å². The summed E-state index contributed by atoms with van der Waals surface area (Å²) in [4.78, 5) is 20.8. The Hall–Kier alpha value is -0.420. The molecule has 2 N–H and O–H groups in total. The van der Waals surface area contributed by atoms with Gasteiger partial charge in [0.1, 0.15) is 0 Å². The normalized spacial score (nSPS) is 14.0. The summed E-state index contributed by atoms with van der Waals surface area (Å²) in [5, 5.41) is 2.95. The van der Waals surface area contributed by atoms with Crippen LogP contribution in [0.3, 0.4) is 0 Å². The smallest absolute Gasteiger partial charge is 0.356 e. The van der Waals surface area contributed by atoms with E-state index in [0.29, 0.717) is 0 Å². The zero-order valence-corrected chi connectivity index (χ0v) is 18.1. The molecule has 7 heteroatoms. The number of unbranched alkanes of at least 4 members (excludes halogenated alkanes) is 9. The molecule has 1 unspecified atom stereocenters. The van der Waals surface area contributed by atoms with Crippen LogP contribution in [0.25, 0.3) is 0 Å². The first-order valence-corrected chi connectivity index (χ1v) is 11.7. The Kier molecular flexibility index (Phi) is 15.4. The lowest BCUT2D eigenvalue weighted by molar-refractivity contribution is -0.123. The van der Waals surface area contributed by atoms with E-state index >= 15 is 0 Å². The predicted molar refractivity (Wildman–Crippen MR) is 106 cm³/mol. The van der Waals surface area contributed by atoms with E-state index in [0.717, 1.165) is 32.2 Å². The molecule has 0 aromatic carbocycles. The quantitative estimate of drug-likeness (QED) is 0.262. The molecule has 26 heavy (non-hydrogen) atoms. The number of carbonyl (C=O) groups excluding carboxylic acids is 1. The maximum absolute atomic E-state index is 11.5. The predicted octanol–water partition coefficient (Wildman–Crippen LogP) is 5.20. The highest BCUT2D eigenvalue weighted by atomic mass is 31.2. The van der Waals surface area contributed by atoms with Gasteiger partial charge in [0.25, 0.3) is 0 Å². The third kappa shape index (κ3) is 17.0. The van der Waals surface area contributed by atoms with Crippen molar-refractivity contribution in [1.82, 2.24) is 5.32 Å². The average molecular weight is 394 g/mol. The van der Waals surface area contributed by atoms with Crippen molar-refractivity contribution in [3.05, 3.63) is 0 Å². The van der Waals surface area contributed by atoms with Crippen LogP contribution in [0, 0.1) is 5.92 Å². The minimum atomic E-state index is -3.86. The Balaban J connectivity index is 3.27. The van der Waals surface area contributed by atoms with E-state index < -0.39 is 7.82 Å². The molecule has 0 aliphatic rings. The van der Waals surface area contributed by atoms with Crippen molar-refractivity contribution in [2.45, 2.75) is 98.0 Å². The fourth-order valence-electron chi connectivity index (χ4n) is 2.53. The molecule has 0 spiro atoms. The molecule has 1 atom stereocenters. The Bertz CT molecular complexity index is 401. The summed E-state index contributed by atoms with van der Waals surface area (Å²) in [6, 6.07) is 0. The molecule has 0 heterocycles. The van der Waals surface area contributed by atoms with Crippen LogP contribution in [0.15, 0.2) is 0 Å². The summed E-state index contributed by atoms with van der Waals surface area (Å²) in [6.45, 7) is 8.30. The van der Waals surface area contributed by atoms with Gasteiger partial charge in [-0.2, -0.15) is 0 Å². The molecule has 6 nitrogen and oxygen atoms in total. The van der Waals surface area contributed by atoms with E-state index in [1.54, 1.807) is 13.8 Å². The third-order valence-corrected chi connectivity index (χ3v) is 5.19. The largest absolute Gasteiger partial charge is 0.472 e. The van der Waals surface area contributed by atoms with E-state index in [1.807, 2.05) is 13.8 Å². The first-order chi connectivity index (χ1) is 12.2. The van der Waals surface area contributed by atoms with Crippen molar-refractivity contribution in [3.63, 3.8) is 0 Å². The molecular formula is C19H40NO5P. The number of hydrogen-bond acceptors (Lipinski definition) is 4. The monoisotopic (exact) mass is 393 g/mol. The van der Waals surface area contributed by atoms with Crippen LogP contribution in [-0.4, -0.2) is 30.1 Å². The molecule has 1 amide bonds. The van der Waals surface area contributed by atoms with Gasteiger partial charge >= 0.3 is 7.82 Å². The Morgan fingerprint density at radius 2 is 1.35 bits per heavy atom. The van der Waals surface area contributed by atoms with Crippen LogP contribution < -0.4 is 5.32 Å². The molecule has 156 valence electrons. The van der Waals surface area contributed by atoms with Crippen LogP contribution in [0.1, 0.15) is 91.9 Å². The van der Waals surface area contributed by atoms with Gasteiger partial charge in [-0.15, -0.1) is 0 Å². The highest BCUT2D eigenvalue weighted by molar-refractivity contribution is 7.47. The van der Waals surface area contributed by atoms with Crippen molar-refractivity contribution in [1.29, 1.82) is 0 Å². The maximum atomic E-state index is 11.5. The fourth-order valence-corrected chi connectivity index (χ4v) is 3.49.